The third-order valence-electron chi connectivity index (χ3n) is 3.52. The number of carboxylic acid groups (broad SMARTS) is 1. The van der Waals surface area contributed by atoms with Crippen LogP contribution in [0, 0.1) is 5.92 Å². The lowest BCUT2D eigenvalue weighted by Gasteiger charge is -2.27. The fourth-order valence-corrected chi connectivity index (χ4v) is 2.49. The van der Waals surface area contributed by atoms with E-state index >= 15 is 0 Å². The summed E-state index contributed by atoms with van der Waals surface area (Å²) in [5.41, 5.74) is 0.353. The van der Waals surface area contributed by atoms with Gasteiger partial charge in [-0.15, -0.1) is 0 Å². The van der Waals surface area contributed by atoms with E-state index in [2.05, 4.69) is 17.2 Å². The molecule has 1 aromatic rings. The predicted octanol–water partition coefficient (Wildman–Crippen LogP) is 2.09. The lowest BCUT2D eigenvalue weighted by Crippen LogP contribution is -2.38. The molecule has 0 aliphatic heterocycles. The topological polar surface area (TPSA) is 79.3 Å². The summed E-state index contributed by atoms with van der Waals surface area (Å²) in [6, 6.07) is 3.06. The van der Waals surface area contributed by atoms with Crippen molar-refractivity contribution < 1.29 is 14.7 Å². The van der Waals surface area contributed by atoms with Gasteiger partial charge in [0.1, 0.15) is 5.69 Å². The van der Waals surface area contributed by atoms with E-state index < -0.39 is 5.97 Å². The number of carbonyl (C=O) groups is 2. The maximum atomic E-state index is 12.0. The van der Waals surface area contributed by atoms with Gasteiger partial charge in [-0.2, -0.15) is 0 Å². The third kappa shape index (κ3) is 3.53. The third-order valence-corrected chi connectivity index (χ3v) is 3.52. The Morgan fingerprint density at radius 3 is 2.74 bits per heavy atom. The Balaban J connectivity index is 1.97. The van der Waals surface area contributed by atoms with Crippen molar-refractivity contribution in [2.24, 2.45) is 5.92 Å². The molecular weight excluding hydrogens is 244 g/mol. The standard InChI is InChI=1S/C14H18N2O3/c1-9-3-2-4-11(7-9)16-13(17)10-5-6-12(14(18)19)15-8-10/h5-6,8-9,11H,2-4,7H2,1H3,(H,16,17)(H,18,19). The minimum Gasteiger partial charge on any atom is -0.477 e. The molecule has 5 heteroatoms. The lowest BCUT2D eigenvalue weighted by atomic mass is 9.87. The highest BCUT2D eigenvalue weighted by molar-refractivity contribution is 5.95. The van der Waals surface area contributed by atoms with Crippen molar-refractivity contribution >= 4 is 11.9 Å². The summed E-state index contributed by atoms with van der Waals surface area (Å²) in [5.74, 6) is -0.622. The SMILES string of the molecule is CC1CCCC(NC(=O)c2ccc(C(=O)O)nc2)C1. The van der Waals surface area contributed by atoms with Crippen molar-refractivity contribution in [2.45, 2.75) is 38.6 Å². The molecule has 2 rings (SSSR count). The van der Waals surface area contributed by atoms with Gasteiger partial charge in [0.25, 0.3) is 5.91 Å². The minimum atomic E-state index is -1.09. The van der Waals surface area contributed by atoms with Crippen LogP contribution in [0.4, 0.5) is 0 Å². The zero-order chi connectivity index (χ0) is 13.8. The van der Waals surface area contributed by atoms with Crippen molar-refractivity contribution in [3.8, 4) is 0 Å². The van der Waals surface area contributed by atoms with E-state index in [1.54, 1.807) is 0 Å². The van der Waals surface area contributed by atoms with Crippen LogP contribution in [0.5, 0.6) is 0 Å². The Hall–Kier alpha value is -1.91. The number of carboxylic acids is 1. The number of nitrogens with zero attached hydrogens (tertiary/aromatic N) is 1. The number of carbonyl (C=O) groups excluding carboxylic acids is 1. The van der Waals surface area contributed by atoms with Crippen molar-refractivity contribution in [2.75, 3.05) is 0 Å². The number of aromatic carboxylic acids is 1. The van der Waals surface area contributed by atoms with Crippen LogP contribution < -0.4 is 5.32 Å². The fraction of sp³-hybridized carbons (Fsp3) is 0.500. The fourth-order valence-electron chi connectivity index (χ4n) is 2.49. The summed E-state index contributed by atoms with van der Waals surface area (Å²) >= 11 is 0. The van der Waals surface area contributed by atoms with E-state index in [4.69, 9.17) is 5.11 Å². The first-order chi connectivity index (χ1) is 9.06. The normalized spacial score (nSPS) is 22.8. The molecule has 1 aliphatic rings. The van der Waals surface area contributed by atoms with Crippen LogP contribution in [0.2, 0.25) is 0 Å². The number of hydrogen-bond donors (Lipinski definition) is 2. The molecule has 0 radical (unpaired) electrons. The second-order valence-electron chi connectivity index (χ2n) is 5.18. The van der Waals surface area contributed by atoms with Gasteiger partial charge in [-0.3, -0.25) is 4.79 Å². The number of aromatic nitrogens is 1. The molecule has 1 fully saturated rings. The molecular formula is C14H18N2O3. The Morgan fingerprint density at radius 1 is 1.37 bits per heavy atom. The highest BCUT2D eigenvalue weighted by atomic mass is 16.4. The second-order valence-corrected chi connectivity index (χ2v) is 5.18. The van der Waals surface area contributed by atoms with Crippen molar-refractivity contribution in [3.05, 3.63) is 29.6 Å². The van der Waals surface area contributed by atoms with Crippen LogP contribution in [0.3, 0.4) is 0 Å². The van der Waals surface area contributed by atoms with Crippen molar-refractivity contribution in [1.82, 2.24) is 10.3 Å². The van der Waals surface area contributed by atoms with Crippen LogP contribution in [-0.2, 0) is 0 Å². The zero-order valence-electron chi connectivity index (χ0n) is 10.9. The van der Waals surface area contributed by atoms with E-state index in [0.29, 0.717) is 11.5 Å². The van der Waals surface area contributed by atoms with Crippen molar-refractivity contribution in [3.63, 3.8) is 0 Å². The summed E-state index contributed by atoms with van der Waals surface area (Å²) in [4.78, 5) is 26.4. The van der Waals surface area contributed by atoms with E-state index in [9.17, 15) is 9.59 Å². The Morgan fingerprint density at radius 2 is 2.16 bits per heavy atom. The van der Waals surface area contributed by atoms with Gasteiger partial charge in [0.05, 0.1) is 5.56 Å². The first kappa shape index (κ1) is 13.5. The molecule has 1 saturated carbocycles. The number of amides is 1. The minimum absolute atomic E-state index is 0.0529. The molecule has 5 nitrogen and oxygen atoms in total. The molecule has 2 unspecified atom stereocenters. The molecule has 1 heterocycles. The van der Waals surface area contributed by atoms with Crippen LogP contribution in [0.1, 0.15) is 53.5 Å². The number of rotatable bonds is 3. The van der Waals surface area contributed by atoms with Gasteiger partial charge >= 0.3 is 5.97 Å². The molecule has 0 spiro atoms. The summed E-state index contributed by atoms with van der Waals surface area (Å²) in [7, 11) is 0. The van der Waals surface area contributed by atoms with Crippen LogP contribution in [0.15, 0.2) is 18.3 Å². The van der Waals surface area contributed by atoms with E-state index in [1.807, 2.05) is 0 Å². The van der Waals surface area contributed by atoms with Gasteiger partial charge in [0, 0.05) is 12.2 Å². The van der Waals surface area contributed by atoms with Gasteiger partial charge in [0.2, 0.25) is 0 Å². The average molecular weight is 262 g/mol. The molecule has 1 aromatic heterocycles. The Labute approximate surface area is 112 Å². The zero-order valence-corrected chi connectivity index (χ0v) is 10.9. The average Bonchev–Trinajstić information content (AvgIpc) is 2.39. The summed E-state index contributed by atoms with van der Waals surface area (Å²) in [6.07, 6.45) is 5.69. The maximum Gasteiger partial charge on any atom is 0.354 e. The monoisotopic (exact) mass is 262 g/mol. The molecule has 1 aliphatic carbocycles. The number of pyridine rings is 1. The molecule has 102 valence electrons. The first-order valence-electron chi connectivity index (χ1n) is 6.56. The van der Waals surface area contributed by atoms with E-state index in [-0.39, 0.29) is 17.6 Å². The van der Waals surface area contributed by atoms with Gasteiger partial charge in [-0.05, 0) is 30.9 Å². The van der Waals surface area contributed by atoms with Gasteiger partial charge in [0.15, 0.2) is 0 Å². The Kier molecular flexibility index (Phi) is 4.14. The van der Waals surface area contributed by atoms with Crippen LogP contribution in [0.25, 0.3) is 0 Å². The Bertz CT molecular complexity index is 470. The summed E-state index contributed by atoms with van der Waals surface area (Å²) in [5, 5.41) is 11.7. The van der Waals surface area contributed by atoms with Crippen LogP contribution in [-0.4, -0.2) is 28.0 Å². The lowest BCUT2D eigenvalue weighted by molar-refractivity contribution is 0.0689. The maximum absolute atomic E-state index is 12.0. The number of hydrogen-bond acceptors (Lipinski definition) is 3. The molecule has 2 N–H and O–H groups in total. The van der Waals surface area contributed by atoms with Gasteiger partial charge in [-0.25, -0.2) is 9.78 Å². The molecule has 2 atom stereocenters. The van der Waals surface area contributed by atoms with Gasteiger partial charge in [-0.1, -0.05) is 19.8 Å². The summed E-state index contributed by atoms with van der Waals surface area (Å²) in [6.45, 7) is 2.20. The smallest absolute Gasteiger partial charge is 0.354 e. The molecule has 19 heavy (non-hydrogen) atoms. The highest BCUT2D eigenvalue weighted by Crippen LogP contribution is 2.23. The molecule has 0 bridgehead atoms. The molecule has 1 amide bonds. The van der Waals surface area contributed by atoms with Crippen LogP contribution >= 0.6 is 0 Å². The second kappa shape index (κ2) is 5.82. The molecule has 0 aromatic carbocycles. The van der Waals surface area contributed by atoms with E-state index in [1.165, 1.54) is 24.8 Å². The highest BCUT2D eigenvalue weighted by Gasteiger charge is 2.21. The largest absolute Gasteiger partial charge is 0.477 e. The van der Waals surface area contributed by atoms with E-state index in [0.717, 1.165) is 19.3 Å². The summed E-state index contributed by atoms with van der Waals surface area (Å²) < 4.78 is 0. The first-order valence-corrected chi connectivity index (χ1v) is 6.56. The number of nitrogens with one attached hydrogen (secondary N) is 1. The van der Waals surface area contributed by atoms with Gasteiger partial charge < -0.3 is 10.4 Å². The quantitative estimate of drug-likeness (QED) is 0.874. The van der Waals surface area contributed by atoms with Crippen molar-refractivity contribution in [1.29, 1.82) is 0 Å². The molecule has 0 saturated heterocycles. The predicted molar refractivity (Wildman–Crippen MR) is 70.1 cm³/mol.